The van der Waals surface area contributed by atoms with Crippen LogP contribution in [0.3, 0.4) is 0 Å². The Labute approximate surface area is 123 Å². The molecule has 0 radical (unpaired) electrons. The van der Waals surface area contributed by atoms with Gasteiger partial charge in [-0.1, -0.05) is 12.1 Å². The Morgan fingerprint density at radius 2 is 2.10 bits per heavy atom. The Morgan fingerprint density at radius 1 is 1.45 bits per heavy atom. The van der Waals surface area contributed by atoms with E-state index in [0.29, 0.717) is 18.5 Å². The lowest BCUT2D eigenvalue weighted by molar-refractivity contribution is 0.0354. The largest absolute Gasteiger partial charge is 0.393 e. The van der Waals surface area contributed by atoms with E-state index in [1.54, 1.807) is 0 Å². The quantitative estimate of drug-likeness (QED) is 0.751. The standard InChI is InChI=1S/C15H31N3O2/c1-11-9-18(6)12(2)7-14(11)17-20-10-13(19)8-16-15(3,4)5/h11-13,16,19H,7-10H2,1-6H3/t11-,12+,13-/m1/s1. The maximum Gasteiger partial charge on any atom is 0.144 e. The zero-order chi connectivity index (χ0) is 15.3. The maximum atomic E-state index is 9.84. The molecule has 1 aliphatic rings. The predicted molar refractivity (Wildman–Crippen MR) is 83.0 cm³/mol. The topological polar surface area (TPSA) is 57.1 Å². The van der Waals surface area contributed by atoms with Crippen LogP contribution in [0.4, 0.5) is 0 Å². The van der Waals surface area contributed by atoms with Crippen LogP contribution in [0.2, 0.25) is 0 Å². The van der Waals surface area contributed by atoms with Gasteiger partial charge in [-0.15, -0.1) is 0 Å². The average Bonchev–Trinajstić information content (AvgIpc) is 2.32. The molecule has 0 aliphatic carbocycles. The van der Waals surface area contributed by atoms with Gasteiger partial charge in [-0.05, 0) is 34.7 Å². The van der Waals surface area contributed by atoms with Crippen LogP contribution in [0.1, 0.15) is 41.0 Å². The lowest BCUT2D eigenvalue weighted by Crippen LogP contribution is -2.43. The lowest BCUT2D eigenvalue weighted by Gasteiger charge is -2.34. The maximum absolute atomic E-state index is 9.84. The van der Waals surface area contributed by atoms with E-state index in [9.17, 15) is 5.11 Å². The number of nitrogens with one attached hydrogen (secondary N) is 1. The fraction of sp³-hybridized carbons (Fsp3) is 0.933. The SMILES string of the molecule is C[C@@H]1CN(C)[C@@H](C)CC1=NOC[C@H](O)CNC(C)(C)C. The molecule has 0 bridgehead atoms. The molecular formula is C15H31N3O2. The third kappa shape index (κ3) is 6.20. The summed E-state index contributed by atoms with van der Waals surface area (Å²) in [5.74, 6) is 0.418. The van der Waals surface area contributed by atoms with Crippen LogP contribution < -0.4 is 5.32 Å². The van der Waals surface area contributed by atoms with Crippen molar-refractivity contribution < 1.29 is 9.94 Å². The number of rotatable bonds is 5. The molecule has 2 N–H and O–H groups in total. The number of hydrogen-bond acceptors (Lipinski definition) is 5. The van der Waals surface area contributed by atoms with E-state index in [-0.39, 0.29) is 12.1 Å². The molecule has 20 heavy (non-hydrogen) atoms. The van der Waals surface area contributed by atoms with Crippen molar-refractivity contribution in [1.82, 2.24) is 10.2 Å². The van der Waals surface area contributed by atoms with Crippen molar-refractivity contribution in [2.45, 2.75) is 58.7 Å². The van der Waals surface area contributed by atoms with E-state index < -0.39 is 6.10 Å². The zero-order valence-electron chi connectivity index (χ0n) is 13.8. The fourth-order valence-corrected chi connectivity index (χ4v) is 2.19. The molecular weight excluding hydrogens is 254 g/mol. The number of piperidine rings is 1. The van der Waals surface area contributed by atoms with Crippen molar-refractivity contribution in [2.75, 3.05) is 26.7 Å². The summed E-state index contributed by atoms with van der Waals surface area (Å²) in [6, 6.07) is 0.501. The summed E-state index contributed by atoms with van der Waals surface area (Å²) < 4.78 is 0. The van der Waals surface area contributed by atoms with Crippen LogP contribution in [0.15, 0.2) is 5.16 Å². The molecule has 3 atom stereocenters. The first-order valence-corrected chi connectivity index (χ1v) is 7.51. The van der Waals surface area contributed by atoms with Gasteiger partial charge in [0.05, 0.1) is 5.71 Å². The molecule has 1 rings (SSSR count). The van der Waals surface area contributed by atoms with Gasteiger partial charge in [-0.3, -0.25) is 0 Å². The van der Waals surface area contributed by atoms with Crippen molar-refractivity contribution in [3.63, 3.8) is 0 Å². The fourth-order valence-electron chi connectivity index (χ4n) is 2.19. The molecule has 1 heterocycles. The van der Waals surface area contributed by atoms with Crippen LogP contribution in [0, 0.1) is 5.92 Å². The Bertz CT molecular complexity index is 326. The first-order chi connectivity index (χ1) is 9.19. The van der Waals surface area contributed by atoms with E-state index in [2.05, 4.69) is 57.0 Å². The molecule has 0 unspecified atom stereocenters. The summed E-state index contributed by atoms with van der Waals surface area (Å²) in [7, 11) is 2.14. The molecule has 0 spiro atoms. The van der Waals surface area contributed by atoms with Crippen LogP contribution in [-0.4, -0.2) is 60.1 Å². The van der Waals surface area contributed by atoms with Gasteiger partial charge >= 0.3 is 0 Å². The summed E-state index contributed by atoms with van der Waals surface area (Å²) >= 11 is 0. The summed E-state index contributed by atoms with van der Waals surface area (Å²) in [5.41, 5.74) is 1.11. The third-order valence-electron chi connectivity index (χ3n) is 3.70. The summed E-state index contributed by atoms with van der Waals surface area (Å²) in [6.07, 6.45) is 0.408. The van der Waals surface area contributed by atoms with Gasteiger partial charge in [-0.25, -0.2) is 0 Å². The first kappa shape index (κ1) is 17.4. The zero-order valence-corrected chi connectivity index (χ0v) is 13.8. The Balaban J connectivity index is 2.33. The van der Waals surface area contributed by atoms with Gasteiger partial charge in [0, 0.05) is 37.0 Å². The molecule has 5 nitrogen and oxygen atoms in total. The molecule has 0 aromatic rings. The highest BCUT2D eigenvalue weighted by molar-refractivity contribution is 5.87. The molecule has 118 valence electrons. The minimum absolute atomic E-state index is 0.00474. The van der Waals surface area contributed by atoms with Gasteiger partial charge in [0.15, 0.2) is 0 Å². The van der Waals surface area contributed by atoms with E-state index in [1.807, 2.05) is 0 Å². The minimum atomic E-state index is -0.530. The van der Waals surface area contributed by atoms with Gasteiger partial charge in [-0.2, -0.15) is 0 Å². The number of likely N-dealkylation sites (tertiary alicyclic amines) is 1. The number of hydrogen-bond donors (Lipinski definition) is 2. The van der Waals surface area contributed by atoms with E-state index >= 15 is 0 Å². The summed E-state index contributed by atoms with van der Waals surface area (Å²) in [5, 5.41) is 17.3. The molecule has 1 saturated heterocycles. The highest BCUT2D eigenvalue weighted by Gasteiger charge is 2.25. The van der Waals surface area contributed by atoms with Crippen molar-refractivity contribution in [2.24, 2.45) is 11.1 Å². The number of aliphatic hydroxyl groups is 1. The van der Waals surface area contributed by atoms with Crippen molar-refractivity contribution in [3.05, 3.63) is 0 Å². The van der Waals surface area contributed by atoms with Crippen LogP contribution in [-0.2, 0) is 4.84 Å². The van der Waals surface area contributed by atoms with E-state index in [4.69, 9.17) is 4.84 Å². The smallest absolute Gasteiger partial charge is 0.144 e. The molecule has 0 amide bonds. The monoisotopic (exact) mass is 285 g/mol. The molecule has 5 heteroatoms. The Hall–Kier alpha value is -0.650. The number of β-amino-alcohol motifs (C(OH)–C–C–N with tert-alkyl or cyclic N) is 1. The second-order valence-electron chi connectivity index (χ2n) is 7.06. The number of oxime groups is 1. The number of nitrogens with zero attached hydrogens (tertiary/aromatic N) is 2. The second kappa shape index (κ2) is 7.38. The predicted octanol–water partition coefficient (Wildman–Crippen LogP) is 1.47. The van der Waals surface area contributed by atoms with Crippen molar-refractivity contribution in [3.8, 4) is 0 Å². The molecule has 1 fully saturated rings. The van der Waals surface area contributed by atoms with E-state index in [1.165, 1.54) is 0 Å². The summed E-state index contributed by atoms with van der Waals surface area (Å²) in [4.78, 5) is 7.67. The molecule has 0 saturated carbocycles. The second-order valence-corrected chi connectivity index (χ2v) is 7.06. The van der Waals surface area contributed by atoms with E-state index in [0.717, 1.165) is 18.7 Å². The third-order valence-corrected chi connectivity index (χ3v) is 3.70. The average molecular weight is 285 g/mol. The highest BCUT2D eigenvalue weighted by atomic mass is 16.6. The van der Waals surface area contributed by atoms with Crippen molar-refractivity contribution in [1.29, 1.82) is 0 Å². The molecule has 1 aliphatic heterocycles. The summed E-state index contributed by atoms with van der Waals surface area (Å²) in [6.45, 7) is 12.4. The molecule has 0 aromatic carbocycles. The first-order valence-electron chi connectivity index (χ1n) is 7.51. The van der Waals surface area contributed by atoms with Gasteiger partial charge in [0.1, 0.15) is 12.7 Å². The molecule has 0 aromatic heterocycles. The lowest BCUT2D eigenvalue weighted by atomic mass is 9.93. The minimum Gasteiger partial charge on any atom is -0.393 e. The normalized spacial score (nSPS) is 28.6. The van der Waals surface area contributed by atoms with Gasteiger partial charge < -0.3 is 20.2 Å². The van der Waals surface area contributed by atoms with Crippen molar-refractivity contribution >= 4 is 5.71 Å². The Kier molecular flexibility index (Phi) is 6.43. The van der Waals surface area contributed by atoms with Crippen LogP contribution in [0.25, 0.3) is 0 Å². The number of aliphatic hydroxyl groups excluding tert-OH is 1. The Morgan fingerprint density at radius 3 is 2.70 bits per heavy atom. The van der Waals surface area contributed by atoms with Crippen LogP contribution in [0.5, 0.6) is 0 Å². The van der Waals surface area contributed by atoms with Gasteiger partial charge in [0.25, 0.3) is 0 Å². The van der Waals surface area contributed by atoms with Crippen LogP contribution >= 0.6 is 0 Å². The van der Waals surface area contributed by atoms with Gasteiger partial charge in [0.2, 0.25) is 0 Å². The highest BCUT2D eigenvalue weighted by Crippen LogP contribution is 2.18.